The Morgan fingerprint density at radius 1 is 1.28 bits per heavy atom. The van der Waals surface area contributed by atoms with Gasteiger partial charge in [-0.3, -0.25) is 4.79 Å². The van der Waals surface area contributed by atoms with Gasteiger partial charge in [0.1, 0.15) is 18.0 Å². The molecule has 7 heteroatoms. The Labute approximate surface area is 154 Å². The summed E-state index contributed by atoms with van der Waals surface area (Å²) in [5, 5.41) is 2.92. The Hall–Kier alpha value is -1.34. The number of hydrogen-bond donors (Lipinski definition) is 2. The Morgan fingerprint density at radius 2 is 2.04 bits per heavy atom. The van der Waals surface area contributed by atoms with E-state index in [1.165, 1.54) is 0 Å². The minimum absolute atomic E-state index is 0. The number of amides is 1. The van der Waals surface area contributed by atoms with Gasteiger partial charge in [-0.2, -0.15) is 0 Å². The van der Waals surface area contributed by atoms with E-state index in [0.717, 1.165) is 55.9 Å². The van der Waals surface area contributed by atoms with Crippen LogP contribution in [0.1, 0.15) is 31.2 Å². The van der Waals surface area contributed by atoms with E-state index < -0.39 is 6.10 Å². The SMILES string of the molecule is Cc1cc(NC(=O)[C@@H]2CC[C@H](CN)O2)ccc1OC1CCOCC1.Cl. The minimum Gasteiger partial charge on any atom is -0.490 e. The number of ether oxygens (including phenoxy) is 3. The molecular weight excluding hydrogens is 344 g/mol. The lowest BCUT2D eigenvalue weighted by Crippen LogP contribution is -2.29. The standard InChI is InChI=1S/C18H26N2O4.ClH/c1-12-10-13(20-18(21)17-5-3-15(11-19)24-17)2-4-16(12)23-14-6-8-22-9-7-14;/h2,4,10,14-15,17H,3,5-9,11,19H2,1H3,(H,20,21);1H/t15-,17+;/m1./s1. The number of anilines is 1. The third kappa shape index (κ3) is 5.31. The van der Waals surface area contributed by atoms with Crippen LogP contribution < -0.4 is 15.8 Å². The molecule has 3 rings (SSSR count). The Balaban J connectivity index is 0.00000225. The van der Waals surface area contributed by atoms with Gasteiger partial charge < -0.3 is 25.3 Å². The predicted octanol–water partition coefficient (Wildman–Crippen LogP) is 2.42. The fourth-order valence-electron chi connectivity index (χ4n) is 3.13. The third-order valence-electron chi connectivity index (χ3n) is 4.57. The molecule has 2 atom stereocenters. The zero-order chi connectivity index (χ0) is 16.9. The first-order chi connectivity index (χ1) is 11.7. The van der Waals surface area contributed by atoms with Gasteiger partial charge in [0.15, 0.2) is 0 Å². The molecule has 1 amide bonds. The largest absolute Gasteiger partial charge is 0.490 e. The van der Waals surface area contributed by atoms with Crippen molar-refractivity contribution >= 4 is 24.0 Å². The number of carbonyl (C=O) groups is 1. The van der Waals surface area contributed by atoms with E-state index in [9.17, 15) is 4.79 Å². The summed E-state index contributed by atoms with van der Waals surface area (Å²) in [6, 6.07) is 5.72. The Bertz CT molecular complexity index is 578. The number of carbonyl (C=O) groups excluding carboxylic acids is 1. The number of rotatable bonds is 5. The first-order valence-corrected chi connectivity index (χ1v) is 8.67. The lowest BCUT2D eigenvalue weighted by atomic mass is 10.1. The van der Waals surface area contributed by atoms with Crippen molar-refractivity contribution in [2.45, 2.75) is 50.9 Å². The van der Waals surface area contributed by atoms with Crippen molar-refractivity contribution in [2.24, 2.45) is 5.73 Å². The molecule has 0 bridgehead atoms. The minimum atomic E-state index is -0.406. The second-order valence-corrected chi connectivity index (χ2v) is 6.46. The van der Waals surface area contributed by atoms with Gasteiger partial charge in [-0.05, 0) is 43.5 Å². The molecule has 0 aromatic heterocycles. The van der Waals surface area contributed by atoms with Crippen molar-refractivity contribution in [2.75, 3.05) is 25.1 Å². The van der Waals surface area contributed by atoms with Crippen LogP contribution in [0, 0.1) is 6.92 Å². The lowest BCUT2D eigenvalue weighted by Gasteiger charge is -2.24. The number of nitrogens with two attached hydrogens (primary N) is 1. The van der Waals surface area contributed by atoms with Gasteiger partial charge in [-0.15, -0.1) is 12.4 Å². The molecule has 0 radical (unpaired) electrons. The Kier molecular flexibility index (Phi) is 7.50. The van der Waals surface area contributed by atoms with E-state index >= 15 is 0 Å². The van der Waals surface area contributed by atoms with Crippen molar-refractivity contribution in [1.82, 2.24) is 0 Å². The summed E-state index contributed by atoms with van der Waals surface area (Å²) in [6.45, 7) is 3.95. The maximum atomic E-state index is 12.3. The molecule has 3 N–H and O–H groups in total. The van der Waals surface area contributed by atoms with E-state index in [0.29, 0.717) is 6.54 Å². The first kappa shape index (κ1) is 20.0. The number of halogens is 1. The number of nitrogens with one attached hydrogen (secondary N) is 1. The van der Waals surface area contributed by atoms with Crippen LogP contribution in [0.25, 0.3) is 0 Å². The second kappa shape index (κ2) is 9.38. The molecule has 1 aromatic carbocycles. The van der Waals surface area contributed by atoms with Crippen molar-refractivity contribution < 1.29 is 19.0 Å². The lowest BCUT2D eigenvalue weighted by molar-refractivity contribution is -0.126. The summed E-state index contributed by atoms with van der Waals surface area (Å²) < 4.78 is 17.0. The van der Waals surface area contributed by atoms with Crippen LogP contribution >= 0.6 is 12.4 Å². The maximum Gasteiger partial charge on any atom is 0.253 e. The molecule has 2 fully saturated rings. The molecule has 25 heavy (non-hydrogen) atoms. The van der Waals surface area contributed by atoms with Gasteiger partial charge in [-0.1, -0.05) is 0 Å². The number of aryl methyl sites for hydroxylation is 1. The molecule has 0 spiro atoms. The molecule has 0 unspecified atom stereocenters. The van der Waals surface area contributed by atoms with Crippen molar-refractivity contribution in [3.63, 3.8) is 0 Å². The van der Waals surface area contributed by atoms with Crippen LogP contribution in [-0.2, 0) is 14.3 Å². The van der Waals surface area contributed by atoms with Crippen molar-refractivity contribution in [3.8, 4) is 5.75 Å². The van der Waals surface area contributed by atoms with Crippen LogP contribution in [0.2, 0.25) is 0 Å². The number of hydrogen-bond acceptors (Lipinski definition) is 5. The van der Waals surface area contributed by atoms with Crippen LogP contribution in [-0.4, -0.2) is 44.0 Å². The van der Waals surface area contributed by atoms with Gasteiger partial charge in [0.05, 0.1) is 19.3 Å². The average Bonchev–Trinajstić information content (AvgIpc) is 3.08. The zero-order valence-electron chi connectivity index (χ0n) is 14.5. The summed E-state index contributed by atoms with van der Waals surface area (Å²) in [4.78, 5) is 12.3. The quantitative estimate of drug-likeness (QED) is 0.831. The maximum absolute atomic E-state index is 12.3. The highest BCUT2D eigenvalue weighted by atomic mass is 35.5. The molecule has 0 aliphatic carbocycles. The normalized spacial score (nSPS) is 23.8. The summed E-state index contributed by atoms with van der Waals surface area (Å²) in [5.41, 5.74) is 7.35. The highest BCUT2D eigenvalue weighted by Crippen LogP contribution is 2.26. The smallest absolute Gasteiger partial charge is 0.253 e. The van der Waals surface area contributed by atoms with Gasteiger partial charge >= 0.3 is 0 Å². The monoisotopic (exact) mass is 370 g/mol. The summed E-state index contributed by atoms with van der Waals surface area (Å²) >= 11 is 0. The highest BCUT2D eigenvalue weighted by Gasteiger charge is 2.29. The molecule has 2 aliphatic heterocycles. The van der Waals surface area contributed by atoms with Gasteiger partial charge in [0, 0.05) is 25.1 Å². The molecule has 140 valence electrons. The van der Waals surface area contributed by atoms with Crippen LogP contribution in [0.3, 0.4) is 0 Å². The van der Waals surface area contributed by atoms with Gasteiger partial charge in [0.25, 0.3) is 5.91 Å². The summed E-state index contributed by atoms with van der Waals surface area (Å²) in [6.07, 6.45) is 3.19. The predicted molar refractivity (Wildman–Crippen MR) is 98.5 cm³/mol. The average molecular weight is 371 g/mol. The van der Waals surface area contributed by atoms with Gasteiger partial charge in [-0.25, -0.2) is 0 Å². The zero-order valence-corrected chi connectivity index (χ0v) is 15.3. The summed E-state index contributed by atoms with van der Waals surface area (Å²) in [5.74, 6) is 0.753. The van der Waals surface area contributed by atoms with E-state index in [1.54, 1.807) is 0 Å². The topological polar surface area (TPSA) is 82.8 Å². The van der Waals surface area contributed by atoms with E-state index in [-0.39, 0.29) is 30.5 Å². The molecule has 2 saturated heterocycles. The number of benzene rings is 1. The molecule has 2 heterocycles. The fraction of sp³-hybridized carbons (Fsp3) is 0.611. The molecule has 6 nitrogen and oxygen atoms in total. The molecule has 2 aliphatic rings. The Morgan fingerprint density at radius 3 is 2.68 bits per heavy atom. The fourth-order valence-corrected chi connectivity index (χ4v) is 3.13. The van der Waals surface area contributed by atoms with Crippen LogP contribution in [0.4, 0.5) is 5.69 Å². The molecular formula is C18H27ClN2O4. The van der Waals surface area contributed by atoms with E-state index in [4.69, 9.17) is 19.9 Å². The van der Waals surface area contributed by atoms with Crippen molar-refractivity contribution in [1.29, 1.82) is 0 Å². The molecule has 0 saturated carbocycles. The molecule has 1 aromatic rings. The van der Waals surface area contributed by atoms with Crippen LogP contribution in [0.15, 0.2) is 18.2 Å². The van der Waals surface area contributed by atoms with E-state index in [1.807, 2.05) is 25.1 Å². The van der Waals surface area contributed by atoms with Crippen LogP contribution in [0.5, 0.6) is 5.75 Å². The summed E-state index contributed by atoms with van der Waals surface area (Å²) in [7, 11) is 0. The third-order valence-corrected chi connectivity index (χ3v) is 4.57. The van der Waals surface area contributed by atoms with Gasteiger partial charge in [0.2, 0.25) is 0 Å². The first-order valence-electron chi connectivity index (χ1n) is 8.67. The highest BCUT2D eigenvalue weighted by molar-refractivity contribution is 5.94. The van der Waals surface area contributed by atoms with E-state index in [2.05, 4.69) is 5.32 Å². The second-order valence-electron chi connectivity index (χ2n) is 6.46. The van der Waals surface area contributed by atoms with Crippen molar-refractivity contribution in [3.05, 3.63) is 23.8 Å².